The van der Waals surface area contributed by atoms with E-state index >= 15 is 0 Å². The van der Waals surface area contributed by atoms with E-state index in [-0.39, 0.29) is 17.0 Å². The maximum absolute atomic E-state index is 13.7. The van der Waals surface area contributed by atoms with Crippen molar-refractivity contribution in [3.63, 3.8) is 0 Å². The van der Waals surface area contributed by atoms with Gasteiger partial charge in [-0.05, 0) is 69.1 Å². The van der Waals surface area contributed by atoms with E-state index in [1.54, 1.807) is 12.4 Å². The number of carbonyl (C=O) groups is 1. The van der Waals surface area contributed by atoms with Crippen molar-refractivity contribution in [3.8, 4) is 17.1 Å². The summed E-state index contributed by atoms with van der Waals surface area (Å²) in [7, 11) is -3.46. The number of ether oxygens (including phenoxy) is 1. The number of sulfonamides is 1. The van der Waals surface area contributed by atoms with Gasteiger partial charge in [-0.2, -0.15) is 0 Å². The third-order valence-corrected chi connectivity index (χ3v) is 9.20. The smallest absolute Gasteiger partial charge is 0.238 e. The quantitative estimate of drug-likeness (QED) is 0.437. The summed E-state index contributed by atoms with van der Waals surface area (Å²) >= 11 is 0. The first-order valence-corrected chi connectivity index (χ1v) is 14.1. The monoisotopic (exact) mass is 520 g/mol. The fourth-order valence-electron chi connectivity index (χ4n) is 5.19. The highest BCUT2D eigenvalue weighted by atomic mass is 32.2. The molecule has 3 aliphatic carbocycles. The molecule has 0 radical (unpaired) electrons. The molecule has 1 amide bonds. The largest absolute Gasteiger partial charge is 0.477 e. The summed E-state index contributed by atoms with van der Waals surface area (Å²) < 4.78 is 32.9. The van der Waals surface area contributed by atoms with Crippen LogP contribution in [0, 0.1) is 11.8 Å². The lowest BCUT2D eigenvalue weighted by Crippen LogP contribution is -2.41. The second kappa shape index (κ2) is 9.05. The van der Waals surface area contributed by atoms with Gasteiger partial charge in [0.1, 0.15) is 17.1 Å². The molecule has 3 aliphatic rings. The molecular weight excluding hydrogens is 492 g/mol. The maximum Gasteiger partial charge on any atom is 0.238 e. The van der Waals surface area contributed by atoms with E-state index in [1.807, 2.05) is 31.2 Å². The molecule has 11 heteroatoms. The van der Waals surface area contributed by atoms with E-state index in [9.17, 15) is 13.2 Å². The minimum Gasteiger partial charge on any atom is -0.477 e. The summed E-state index contributed by atoms with van der Waals surface area (Å²) in [6, 6.07) is 8.93. The Morgan fingerprint density at radius 2 is 1.84 bits per heavy atom. The maximum atomic E-state index is 13.7. The fraction of sp³-hybridized carbons (Fsp3) is 0.423. The van der Waals surface area contributed by atoms with Gasteiger partial charge in [-0.15, -0.1) is 0 Å². The lowest BCUT2D eigenvalue weighted by Gasteiger charge is -2.28. The molecule has 2 atom stereocenters. The van der Waals surface area contributed by atoms with Crippen LogP contribution in [0.2, 0.25) is 0 Å². The molecule has 2 aromatic heterocycles. The lowest BCUT2D eigenvalue weighted by molar-refractivity contribution is -0.122. The molecule has 3 saturated carbocycles. The number of anilines is 2. The van der Waals surface area contributed by atoms with Crippen LogP contribution >= 0.6 is 0 Å². The van der Waals surface area contributed by atoms with Crippen LogP contribution < -0.4 is 14.8 Å². The molecule has 2 unspecified atom stereocenters. The summed E-state index contributed by atoms with van der Waals surface area (Å²) in [5.74, 6) is 1.81. The molecule has 0 saturated heterocycles. The molecule has 2 heterocycles. The molecule has 6 rings (SSSR count). The zero-order chi connectivity index (χ0) is 25.6. The molecule has 0 aliphatic heterocycles. The molecule has 0 bridgehead atoms. The number of hydrogen-bond acceptors (Lipinski definition) is 8. The Morgan fingerprint density at radius 1 is 1.08 bits per heavy atom. The summed E-state index contributed by atoms with van der Waals surface area (Å²) in [6.07, 6.45) is 8.50. The van der Waals surface area contributed by atoms with Crippen LogP contribution in [0.15, 0.2) is 48.9 Å². The van der Waals surface area contributed by atoms with Crippen molar-refractivity contribution < 1.29 is 17.9 Å². The van der Waals surface area contributed by atoms with Crippen LogP contribution in [0.3, 0.4) is 0 Å². The first kappa shape index (κ1) is 23.8. The summed E-state index contributed by atoms with van der Waals surface area (Å²) in [6.45, 7) is 2.39. The molecule has 2 N–H and O–H groups in total. The SMILES string of the molecule is CCOc1cncc(-c2ccc(NC(=O)C3(c4nccc(NS(=O)(=O)C5CC5)n4)CC4CC4C3)cc2)n1. The van der Waals surface area contributed by atoms with Crippen molar-refractivity contribution in [1.82, 2.24) is 19.9 Å². The van der Waals surface area contributed by atoms with Gasteiger partial charge < -0.3 is 10.1 Å². The van der Waals surface area contributed by atoms with E-state index in [0.29, 0.717) is 67.2 Å². The van der Waals surface area contributed by atoms with E-state index in [2.05, 4.69) is 30.0 Å². The third-order valence-electron chi connectivity index (χ3n) is 7.36. The number of nitrogens with zero attached hydrogens (tertiary/aromatic N) is 4. The summed E-state index contributed by atoms with van der Waals surface area (Å²) in [5, 5.41) is 2.69. The number of fused-ring (bicyclic) bond motifs is 1. The van der Waals surface area contributed by atoms with E-state index in [1.165, 1.54) is 12.3 Å². The van der Waals surface area contributed by atoms with E-state index < -0.39 is 15.4 Å². The highest BCUT2D eigenvalue weighted by molar-refractivity contribution is 7.93. The molecule has 3 fully saturated rings. The van der Waals surface area contributed by atoms with Gasteiger partial charge in [-0.3, -0.25) is 14.5 Å². The Hall–Kier alpha value is -3.60. The van der Waals surface area contributed by atoms with Crippen LogP contribution in [-0.2, 0) is 20.2 Å². The van der Waals surface area contributed by atoms with Crippen LogP contribution in [-0.4, -0.2) is 46.1 Å². The average Bonchev–Trinajstić information content (AvgIpc) is 3.83. The normalized spacial score (nSPS) is 24.2. The van der Waals surface area contributed by atoms with Crippen molar-refractivity contribution in [2.75, 3.05) is 16.6 Å². The number of rotatable bonds is 9. The van der Waals surface area contributed by atoms with Crippen molar-refractivity contribution in [1.29, 1.82) is 0 Å². The van der Waals surface area contributed by atoms with Crippen molar-refractivity contribution in [2.45, 2.75) is 49.7 Å². The zero-order valence-corrected chi connectivity index (χ0v) is 21.2. The van der Waals surface area contributed by atoms with Gasteiger partial charge in [-0.25, -0.2) is 23.4 Å². The number of nitrogens with one attached hydrogen (secondary N) is 2. The van der Waals surface area contributed by atoms with E-state index in [4.69, 9.17) is 4.74 Å². The van der Waals surface area contributed by atoms with Crippen molar-refractivity contribution in [2.24, 2.45) is 11.8 Å². The predicted octanol–water partition coefficient (Wildman–Crippen LogP) is 3.54. The van der Waals surface area contributed by atoms with Crippen LogP contribution in [0.1, 0.15) is 44.9 Å². The predicted molar refractivity (Wildman–Crippen MR) is 137 cm³/mol. The molecule has 192 valence electrons. The summed E-state index contributed by atoms with van der Waals surface area (Å²) in [4.78, 5) is 31.3. The first-order valence-electron chi connectivity index (χ1n) is 12.6. The molecule has 0 spiro atoms. The minimum atomic E-state index is -3.46. The fourth-order valence-corrected chi connectivity index (χ4v) is 6.52. The second-order valence-electron chi connectivity index (χ2n) is 10.1. The number of aromatic nitrogens is 4. The van der Waals surface area contributed by atoms with Gasteiger partial charge in [0.15, 0.2) is 0 Å². The van der Waals surface area contributed by atoms with Crippen LogP contribution in [0.4, 0.5) is 11.5 Å². The highest BCUT2D eigenvalue weighted by Crippen LogP contribution is 2.60. The Balaban J connectivity index is 1.22. The van der Waals surface area contributed by atoms with Gasteiger partial charge in [0.25, 0.3) is 0 Å². The highest BCUT2D eigenvalue weighted by Gasteiger charge is 2.59. The van der Waals surface area contributed by atoms with Crippen LogP contribution in [0.25, 0.3) is 11.3 Å². The van der Waals surface area contributed by atoms with Gasteiger partial charge in [0.05, 0.1) is 29.9 Å². The molecule has 10 nitrogen and oxygen atoms in total. The molecular formula is C26H28N6O4S. The standard InChI is InChI=1S/C26H28N6O4S/c1-2-36-23-15-27-14-21(30-23)16-3-5-19(6-4-16)29-25(33)26(12-17-11-18(17)13-26)24-28-10-9-22(31-24)32-37(34,35)20-7-8-20/h3-6,9-10,14-15,17-18,20H,2,7-8,11-13H2,1H3,(H,29,33)(H,28,31,32). The van der Waals surface area contributed by atoms with Gasteiger partial charge in [0, 0.05) is 17.4 Å². The Morgan fingerprint density at radius 3 is 2.54 bits per heavy atom. The van der Waals surface area contributed by atoms with Crippen molar-refractivity contribution in [3.05, 3.63) is 54.7 Å². The van der Waals surface area contributed by atoms with Gasteiger partial charge in [-0.1, -0.05) is 12.1 Å². The third kappa shape index (κ3) is 4.75. The Kier molecular flexibility index (Phi) is 5.82. The topological polar surface area (TPSA) is 136 Å². The lowest BCUT2D eigenvalue weighted by atomic mass is 9.80. The Bertz CT molecular complexity index is 1430. The van der Waals surface area contributed by atoms with Crippen LogP contribution in [0.5, 0.6) is 5.88 Å². The molecule has 1 aromatic carbocycles. The number of amides is 1. The first-order chi connectivity index (χ1) is 17.9. The Labute approximate surface area is 215 Å². The molecule has 37 heavy (non-hydrogen) atoms. The van der Waals surface area contributed by atoms with Crippen molar-refractivity contribution >= 4 is 27.4 Å². The minimum absolute atomic E-state index is 0.173. The zero-order valence-electron chi connectivity index (χ0n) is 20.4. The number of hydrogen-bond donors (Lipinski definition) is 2. The number of carbonyl (C=O) groups excluding carboxylic acids is 1. The second-order valence-corrected chi connectivity index (χ2v) is 12.0. The molecule has 3 aromatic rings. The average molecular weight is 521 g/mol. The van der Waals surface area contributed by atoms with Gasteiger partial charge >= 0.3 is 0 Å². The summed E-state index contributed by atoms with van der Waals surface area (Å²) in [5.41, 5.74) is 1.27. The van der Waals surface area contributed by atoms with E-state index in [0.717, 1.165) is 12.0 Å². The van der Waals surface area contributed by atoms with Gasteiger partial charge in [0.2, 0.25) is 21.8 Å². The number of benzene rings is 1.